The first-order valence-electron chi connectivity index (χ1n) is 8.19. The van der Waals surface area contributed by atoms with E-state index in [1.165, 1.54) is 41.9 Å². The van der Waals surface area contributed by atoms with Crippen LogP contribution in [0.3, 0.4) is 0 Å². The summed E-state index contributed by atoms with van der Waals surface area (Å²) in [6.07, 6.45) is 1.41. The van der Waals surface area contributed by atoms with Gasteiger partial charge >= 0.3 is 5.97 Å². The number of non-ortho nitro benzene ring substituents is 1. The van der Waals surface area contributed by atoms with Crippen LogP contribution in [-0.4, -0.2) is 28.3 Å². The molecule has 1 N–H and O–H groups in total. The van der Waals surface area contributed by atoms with Gasteiger partial charge in [-0.3, -0.25) is 19.7 Å². The number of hydrogen-bond acceptors (Lipinski definition) is 8. The average Bonchev–Trinajstić information content (AvgIpc) is 3.38. The van der Waals surface area contributed by atoms with Gasteiger partial charge in [0, 0.05) is 24.2 Å². The van der Waals surface area contributed by atoms with E-state index in [4.69, 9.17) is 9.15 Å². The van der Waals surface area contributed by atoms with Crippen LogP contribution < -0.4 is 5.32 Å². The number of ether oxygens (including phenoxy) is 1. The quantitative estimate of drug-likeness (QED) is 0.349. The zero-order valence-electron chi connectivity index (χ0n) is 14.5. The molecule has 3 rings (SSSR count). The van der Waals surface area contributed by atoms with E-state index in [1.54, 1.807) is 0 Å². The largest absolute Gasteiger partial charge is 0.459 e. The minimum absolute atomic E-state index is 0.0195. The van der Waals surface area contributed by atoms with Crippen molar-refractivity contribution < 1.29 is 23.7 Å². The smallest absolute Gasteiger partial charge is 0.307 e. The van der Waals surface area contributed by atoms with Crippen LogP contribution in [0.5, 0.6) is 0 Å². The summed E-state index contributed by atoms with van der Waals surface area (Å²) in [7, 11) is 0. The van der Waals surface area contributed by atoms with Gasteiger partial charge in [-0.1, -0.05) is 6.07 Å². The molecule has 2 heterocycles. The Morgan fingerprint density at radius 2 is 2.04 bits per heavy atom. The van der Waals surface area contributed by atoms with Gasteiger partial charge in [0.15, 0.2) is 0 Å². The summed E-state index contributed by atoms with van der Waals surface area (Å²) in [5.41, 5.74) is 0.657. The van der Waals surface area contributed by atoms with Gasteiger partial charge in [0.25, 0.3) is 11.6 Å². The van der Waals surface area contributed by atoms with E-state index in [0.717, 1.165) is 4.88 Å². The topological polar surface area (TPSA) is 125 Å². The van der Waals surface area contributed by atoms with Crippen molar-refractivity contribution in [2.45, 2.75) is 13.0 Å². The Morgan fingerprint density at radius 1 is 1.25 bits per heavy atom. The molecule has 3 aromatic rings. The van der Waals surface area contributed by atoms with Crippen LogP contribution in [-0.2, 0) is 16.1 Å². The number of nitrogens with zero attached hydrogens (tertiary/aromatic N) is 2. The molecule has 0 aliphatic carbocycles. The summed E-state index contributed by atoms with van der Waals surface area (Å²) in [5.74, 6) is -0.458. The highest BCUT2D eigenvalue weighted by Crippen LogP contribution is 2.23. The molecule has 0 aliphatic heterocycles. The first-order chi connectivity index (χ1) is 13.5. The zero-order chi connectivity index (χ0) is 19.9. The number of carbonyl (C=O) groups is 2. The van der Waals surface area contributed by atoms with E-state index in [9.17, 15) is 19.7 Å². The molecule has 0 radical (unpaired) electrons. The van der Waals surface area contributed by atoms with Gasteiger partial charge in [-0.25, -0.2) is 4.98 Å². The maximum atomic E-state index is 11.9. The lowest BCUT2D eigenvalue weighted by Crippen LogP contribution is -2.26. The molecule has 0 unspecified atom stereocenters. The predicted molar refractivity (Wildman–Crippen MR) is 99.7 cm³/mol. The third-order valence-electron chi connectivity index (χ3n) is 3.62. The molecule has 28 heavy (non-hydrogen) atoms. The molecule has 0 aliphatic rings. The fourth-order valence-corrected chi connectivity index (χ4v) is 2.88. The molecule has 1 aromatic carbocycles. The number of amides is 1. The van der Waals surface area contributed by atoms with Crippen LogP contribution in [0.4, 0.5) is 5.69 Å². The Balaban J connectivity index is 1.39. The van der Waals surface area contributed by atoms with Crippen LogP contribution in [0.2, 0.25) is 0 Å². The average molecular weight is 401 g/mol. The van der Waals surface area contributed by atoms with E-state index in [2.05, 4.69) is 10.3 Å². The molecule has 0 saturated heterocycles. The summed E-state index contributed by atoms with van der Waals surface area (Å²) in [6.45, 7) is 0.0535. The van der Waals surface area contributed by atoms with Crippen LogP contribution in [0, 0.1) is 10.1 Å². The lowest BCUT2D eigenvalue weighted by Gasteiger charge is -2.05. The second-order valence-corrected chi connectivity index (χ2v) is 6.54. The first kappa shape index (κ1) is 19.2. The first-order valence-corrected chi connectivity index (χ1v) is 9.07. The molecule has 0 spiro atoms. The van der Waals surface area contributed by atoms with Crippen LogP contribution >= 0.6 is 11.3 Å². The number of nitro groups is 1. The van der Waals surface area contributed by atoms with E-state index >= 15 is 0 Å². The van der Waals surface area contributed by atoms with Crippen molar-refractivity contribution >= 4 is 28.9 Å². The molecule has 9 nitrogen and oxygen atoms in total. The molecular formula is C18H15N3O6S. The number of rotatable bonds is 8. The number of carbonyl (C=O) groups excluding carboxylic acids is 2. The minimum atomic E-state index is -0.546. The number of aromatic nitrogens is 1. The highest BCUT2D eigenvalue weighted by atomic mass is 32.1. The van der Waals surface area contributed by atoms with Crippen molar-refractivity contribution in [1.29, 1.82) is 0 Å². The maximum Gasteiger partial charge on any atom is 0.307 e. The number of benzene rings is 1. The molecule has 10 heteroatoms. The fraction of sp³-hybridized carbons (Fsp3) is 0.167. The molecular weight excluding hydrogens is 386 g/mol. The van der Waals surface area contributed by atoms with Crippen LogP contribution in [0.1, 0.15) is 22.5 Å². The molecule has 1 amide bonds. The summed E-state index contributed by atoms with van der Waals surface area (Å²) in [5, 5.41) is 15.1. The molecule has 0 bridgehead atoms. The highest BCUT2D eigenvalue weighted by Gasteiger charge is 2.12. The second kappa shape index (κ2) is 8.91. The highest BCUT2D eigenvalue weighted by molar-refractivity contribution is 7.13. The van der Waals surface area contributed by atoms with E-state index in [0.29, 0.717) is 11.6 Å². The second-order valence-electron chi connectivity index (χ2n) is 5.59. The monoisotopic (exact) mass is 401 g/mol. The Hall–Kier alpha value is -3.53. The molecule has 0 fully saturated rings. The van der Waals surface area contributed by atoms with Crippen molar-refractivity contribution in [3.63, 3.8) is 0 Å². The lowest BCUT2D eigenvalue weighted by molar-refractivity contribution is -0.384. The van der Waals surface area contributed by atoms with Gasteiger partial charge in [-0.2, -0.15) is 0 Å². The summed E-state index contributed by atoms with van der Waals surface area (Å²) in [4.78, 5) is 38.9. The summed E-state index contributed by atoms with van der Waals surface area (Å²) >= 11 is 1.49. The molecule has 0 atom stereocenters. The van der Waals surface area contributed by atoms with Crippen molar-refractivity contribution in [3.8, 4) is 10.8 Å². The van der Waals surface area contributed by atoms with Gasteiger partial charge in [0.1, 0.15) is 18.6 Å². The van der Waals surface area contributed by atoms with Crippen LogP contribution in [0.25, 0.3) is 10.8 Å². The summed E-state index contributed by atoms with van der Waals surface area (Å²) < 4.78 is 10.4. The number of thiophene rings is 1. The number of nitro benzene ring substituents is 1. The third-order valence-corrected chi connectivity index (χ3v) is 4.48. The molecule has 2 aromatic heterocycles. The van der Waals surface area contributed by atoms with Gasteiger partial charge in [-0.05, 0) is 23.6 Å². The van der Waals surface area contributed by atoms with Gasteiger partial charge < -0.3 is 14.5 Å². The fourth-order valence-electron chi connectivity index (χ4n) is 2.23. The van der Waals surface area contributed by atoms with Crippen molar-refractivity contribution in [2.24, 2.45) is 0 Å². The number of esters is 1. The van der Waals surface area contributed by atoms with Crippen LogP contribution in [0.15, 0.2) is 52.5 Å². The molecule has 144 valence electrons. The maximum absolute atomic E-state index is 11.9. The van der Waals surface area contributed by atoms with Crippen molar-refractivity contribution in [1.82, 2.24) is 10.3 Å². The van der Waals surface area contributed by atoms with Gasteiger partial charge in [0.2, 0.25) is 5.89 Å². The molecule has 0 saturated carbocycles. The van der Waals surface area contributed by atoms with Crippen molar-refractivity contribution in [3.05, 3.63) is 69.4 Å². The van der Waals surface area contributed by atoms with Gasteiger partial charge in [0.05, 0.1) is 16.2 Å². The third kappa shape index (κ3) is 5.01. The number of hydrogen-bond donors (Lipinski definition) is 1. The summed E-state index contributed by atoms with van der Waals surface area (Å²) in [6, 6.07) is 8.94. The normalized spacial score (nSPS) is 10.4. The Morgan fingerprint density at radius 3 is 2.71 bits per heavy atom. The van der Waals surface area contributed by atoms with E-state index in [-0.39, 0.29) is 30.8 Å². The SMILES string of the molecule is O=C(CCNC(=O)c1ccc([N+](=O)[O-])cc1)OCc1coc(-c2cccs2)n1. The predicted octanol–water partition coefficient (Wildman–Crippen LogP) is 3.17. The number of oxazole rings is 1. The van der Waals surface area contributed by atoms with Crippen molar-refractivity contribution in [2.75, 3.05) is 6.54 Å². The minimum Gasteiger partial charge on any atom is -0.459 e. The van der Waals surface area contributed by atoms with E-state index in [1.807, 2.05) is 17.5 Å². The zero-order valence-corrected chi connectivity index (χ0v) is 15.3. The lowest BCUT2D eigenvalue weighted by atomic mass is 10.2. The van der Waals surface area contributed by atoms with E-state index < -0.39 is 16.8 Å². The van der Waals surface area contributed by atoms with Gasteiger partial charge in [-0.15, -0.1) is 11.3 Å². The Kier molecular flexibility index (Phi) is 6.12. The Bertz CT molecular complexity index is 966. The number of nitrogens with one attached hydrogen (secondary N) is 1. The standard InChI is InChI=1S/C18H15N3O6S/c22-16(26-10-13-11-27-18(20-13)15-2-1-9-28-15)7-8-19-17(23)12-3-5-14(6-4-12)21(24)25/h1-6,9,11H,7-8,10H2,(H,19,23). The Labute approximate surface area is 163 Å².